The van der Waals surface area contributed by atoms with E-state index >= 15 is 0 Å². The van der Waals surface area contributed by atoms with Crippen LogP contribution in [0.15, 0.2) is 48.5 Å². The molecule has 1 aliphatic heterocycles. The summed E-state index contributed by atoms with van der Waals surface area (Å²) >= 11 is 0. The van der Waals surface area contributed by atoms with Crippen molar-refractivity contribution in [3.8, 4) is 0 Å². The maximum atomic E-state index is 12.7. The molecular weight excluding hydrogens is 440 g/mol. The molecule has 4 rings (SSSR count). The highest BCUT2D eigenvalue weighted by Crippen LogP contribution is 2.34. The van der Waals surface area contributed by atoms with Gasteiger partial charge in [0.05, 0.1) is 24.5 Å². The van der Waals surface area contributed by atoms with Gasteiger partial charge < -0.3 is 14.0 Å². The molecule has 176 valence electrons. The number of hydrogen-bond acceptors (Lipinski definition) is 5. The molecule has 1 aromatic heterocycles. The number of esters is 2. The first-order valence-electron chi connectivity index (χ1n) is 11.4. The van der Waals surface area contributed by atoms with Gasteiger partial charge in [-0.1, -0.05) is 43.7 Å². The topological polar surface area (TPSA) is 69.6 Å². The fourth-order valence-corrected chi connectivity index (χ4v) is 4.34. The second-order valence-corrected chi connectivity index (χ2v) is 8.04. The number of para-hydroxylation sites is 1. The maximum Gasteiger partial charge on any atom is 0.338 e. The first-order chi connectivity index (χ1) is 15.6. The average molecular weight is 471 g/mol. The first kappa shape index (κ1) is 24.8. The minimum absolute atomic E-state index is 0. The molecule has 0 saturated heterocycles. The number of nitrogens with one attached hydrogen (secondary N) is 1. The van der Waals surface area contributed by atoms with Crippen LogP contribution < -0.4 is 5.32 Å². The first-order valence-corrected chi connectivity index (χ1v) is 11.4. The Kier molecular flexibility index (Phi) is 8.53. The van der Waals surface area contributed by atoms with Gasteiger partial charge in [0.2, 0.25) is 0 Å². The van der Waals surface area contributed by atoms with E-state index in [0.717, 1.165) is 42.6 Å². The number of fused-ring (bicyclic) bond motifs is 3. The molecule has 6 nitrogen and oxygen atoms in total. The zero-order valence-electron chi connectivity index (χ0n) is 19.1. The molecule has 3 aromatic rings. The van der Waals surface area contributed by atoms with E-state index in [1.54, 1.807) is 0 Å². The van der Waals surface area contributed by atoms with E-state index in [1.807, 2.05) is 43.3 Å². The van der Waals surface area contributed by atoms with E-state index in [4.69, 9.17) is 9.47 Å². The number of halogens is 1. The van der Waals surface area contributed by atoms with E-state index in [2.05, 4.69) is 28.9 Å². The van der Waals surface area contributed by atoms with Crippen molar-refractivity contribution in [1.29, 1.82) is 0 Å². The third-order valence-corrected chi connectivity index (χ3v) is 5.90. The van der Waals surface area contributed by atoms with Crippen molar-refractivity contribution in [3.63, 3.8) is 0 Å². The fourth-order valence-electron chi connectivity index (χ4n) is 4.34. The second kappa shape index (κ2) is 11.3. The predicted octanol–water partition coefficient (Wildman–Crippen LogP) is 4.82. The van der Waals surface area contributed by atoms with Crippen molar-refractivity contribution in [2.75, 3.05) is 19.8 Å². The number of ether oxygens (including phenoxy) is 2. The molecule has 33 heavy (non-hydrogen) atoms. The van der Waals surface area contributed by atoms with Gasteiger partial charge in [0.25, 0.3) is 0 Å². The largest absolute Gasteiger partial charge is 0.465 e. The smallest absolute Gasteiger partial charge is 0.338 e. The van der Waals surface area contributed by atoms with Gasteiger partial charge in [-0.25, -0.2) is 9.59 Å². The minimum Gasteiger partial charge on any atom is -0.465 e. The molecule has 1 N–H and O–H groups in total. The van der Waals surface area contributed by atoms with Gasteiger partial charge in [-0.3, -0.25) is 5.32 Å². The lowest BCUT2D eigenvalue weighted by Crippen LogP contribution is -2.37. The summed E-state index contributed by atoms with van der Waals surface area (Å²) in [6.07, 6.45) is 2.72. The monoisotopic (exact) mass is 470 g/mol. The highest BCUT2D eigenvalue weighted by atomic mass is 35.5. The molecule has 2 heterocycles. The summed E-state index contributed by atoms with van der Waals surface area (Å²) in [5.41, 5.74) is 4.87. The van der Waals surface area contributed by atoms with Gasteiger partial charge in [-0.2, -0.15) is 0 Å². The molecular formula is C26H31ClN2O4. The Bertz CT molecular complexity index is 1110. The van der Waals surface area contributed by atoms with Crippen LogP contribution in [-0.4, -0.2) is 36.3 Å². The van der Waals surface area contributed by atoms with Gasteiger partial charge >= 0.3 is 11.9 Å². The van der Waals surface area contributed by atoms with Gasteiger partial charge in [0.1, 0.15) is 6.04 Å². The number of rotatable bonds is 8. The standard InChI is InChI=1S/C26H30N2O4.ClH/c1-3-5-16-32-25(29)19-12-10-18(11-13-19)17-28-22-9-7-6-8-20(22)21-14-15-27-23(24(21)28)26(30)31-4-2;/h6-13,23,27H,3-5,14-17H2,1-2H3;1H. The predicted molar refractivity (Wildman–Crippen MR) is 131 cm³/mol. The van der Waals surface area contributed by atoms with Crippen LogP contribution in [0.25, 0.3) is 10.9 Å². The zero-order valence-corrected chi connectivity index (χ0v) is 20.0. The van der Waals surface area contributed by atoms with Crippen LogP contribution in [0.1, 0.15) is 59.9 Å². The third-order valence-electron chi connectivity index (χ3n) is 5.90. The molecule has 7 heteroatoms. The Morgan fingerprint density at radius 2 is 1.82 bits per heavy atom. The SMILES string of the molecule is CCCCOC(=O)c1ccc(Cn2c3c(c4ccccc42)CCNC3C(=O)OCC)cc1.Cl. The van der Waals surface area contributed by atoms with Crippen LogP contribution >= 0.6 is 12.4 Å². The molecule has 2 aromatic carbocycles. The van der Waals surface area contributed by atoms with E-state index in [0.29, 0.717) is 25.3 Å². The van der Waals surface area contributed by atoms with Crippen LogP contribution in [0.3, 0.4) is 0 Å². The Morgan fingerprint density at radius 1 is 1.06 bits per heavy atom. The van der Waals surface area contributed by atoms with Gasteiger partial charge in [-0.15, -0.1) is 12.4 Å². The lowest BCUT2D eigenvalue weighted by atomic mass is 9.99. The molecule has 1 aliphatic rings. The van der Waals surface area contributed by atoms with Crippen molar-refractivity contribution in [1.82, 2.24) is 9.88 Å². The number of nitrogens with zero attached hydrogens (tertiary/aromatic N) is 1. The summed E-state index contributed by atoms with van der Waals surface area (Å²) in [4.78, 5) is 24.9. The van der Waals surface area contributed by atoms with Crippen molar-refractivity contribution >= 4 is 35.2 Å². The van der Waals surface area contributed by atoms with Crippen LogP contribution in [0.5, 0.6) is 0 Å². The summed E-state index contributed by atoms with van der Waals surface area (Å²) < 4.78 is 12.9. The van der Waals surface area contributed by atoms with Crippen LogP contribution in [-0.2, 0) is 27.2 Å². The maximum absolute atomic E-state index is 12.7. The number of benzene rings is 2. The average Bonchev–Trinajstić information content (AvgIpc) is 3.13. The Labute approximate surface area is 200 Å². The zero-order chi connectivity index (χ0) is 22.5. The minimum atomic E-state index is -0.487. The van der Waals surface area contributed by atoms with Gasteiger partial charge in [-0.05, 0) is 49.1 Å². The number of carbonyl (C=O) groups is 2. The Balaban J connectivity index is 0.00000306. The normalized spacial score (nSPS) is 14.9. The van der Waals surface area contributed by atoms with Crippen molar-refractivity contribution in [2.24, 2.45) is 0 Å². The summed E-state index contributed by atoms with van der Waals surface area (Å²) in [6.45, 7) is 6.02. The summed E-state index contributed by atoms with van der Waals surface area (Å²) in [6, 6.07) is 15.3. The van der Waals surface area contributed by atoms with Crippen LogP contribution in [0.2, 0.25) is 0 Å². The highest BCUT2D eigenvalue weighted by molar-refractivity contribution is 5.90. The molecule has 0 aliphatic carbocycles. The lowest BCUT2D eigenvalue weighted by molar-refractivity contribution is -0.146. The number of aromatic nitrogens is 1. The van der Waals surface area contributed by atoms with E-state index in [9.17, 15) is 9.59 Å². The second-order valence-electron chi connectivity index (χ2n) is 8.04. The van der Waals surface area contributed by atoms with Crippen LogP contribution in [0.4, 0.5) is 0 Å². The summed E-state index contributed by atoms with van der Waals surface area (Å²) in [5, 5.41) is 4.51. The quantitative estimate of drug-likeness (QED) is 0.377. The Morgan fingerprint density at radius 3 is 2.55 bits per heavy atom. The van der Waals surface area contributed by atoms with E-state index in [-0.39, 0.29) is 24.3 Å². The molecule has 0 bridgehead atoms. The van der Waals surface area contributed by atoms with E-state index in [1.165, 1.54) is 10.9 Å². The summed E-state index contributed by atoms with van der Waals surface area (Å²) in [5.74, 6) is -0.539. The lowest BCUT2D eigenvalue weighted by Gasteiger charge is -2.25. The molecule has 0 fully saturated rings. The molecule has 0 radical (unpaired) electrons. The molecule has 1 unspecified atom stereocenters. The molecule has 0 saturated carbocycles. The molecule has 1 atom stereocenters. The number of hydrogen-bond donors (Lipinski definition) is 1. The van der Waals surface area contributed by atoms with E-state index < -0.39 is 6.04 Å². The highest BCUT2D eigenvalue weighted by Gasteiger charge is 2.33. The van der Waals surface area contributed by atoms with Gasteiger partial charge in [0.15, 0.2) is 0 Å². The summed E-state index contributed by atoms with van der Waals surface area (Å²) in [7, 11) is 0. The number of unbranched alkanes of at least 4 members (excludes halogenated alkanes) is 1. The molecule has 0 spiro atoms. The van der Waals surface area contributed by atoms with Crippen LogP contribution in [0, 0.1) is 0 Å². The van der Waals surface area contributed by atoms with Crippen molar-refractivity contribution in [3.05, 3.63) is 70.9 Å². The number of carbonyl (C=O) groups excluding carboxylic acids is 2. The molecule has 0 amide bonds. The van der Waals surface area contributed by atoms with Crippen molar-refractivity contribution in [2.45, 2.75) is 45.7 Å². The van der Waals surface area contributed by atoms with Gasteiger partial charge in [0, 0.05) is 24.0 Å². The van der Waals surface area contributed by atoms with Crippen molar-refractivity contribution < 1.29 is 19.1 Å². The Hall–Kier alpha value is -2.83. The fraction of sp³-hybridized carbons (Fsp3) is 0.385. The third kappa shape index (κ3) is 5.23.